The third kappa shape index (κ3) is 8.00. The van der Waals surface area contributed by atoms with Crippen LogP contribution >= 0.6 is 24.0 Å². The average molecular weight is 495 g/mol. The Labute approximate surface area is 181 Å². The van der Waals surface area contributed by atoms with Gasteiger partial charge in [-0.25, -0.2) is 0 Å². The molecule has 7 nitrogen and oxygen atoms in total. The van der Waals surface area contributed by atoms with Crippen molar-refractivity contribution in [2.75, 3.05) is 78.8 Å². The van der Waals surface area contributed by atoms with Crippen molar-refractivity contribution in [2.24, 2.45) is 10.9 Å². The number of rotatable bonds is 9. The summed E-state index contributed by atoms with van der Waals surface area (Å²) in [6.07, 6.45) is 3.30. The summed E-state index contributed by atoms with van der Waals surface area (Å²) < 4.78 is 11.2. The molecule has 0 saturated carbocycles. The Balaban J connectivity index is 0.00000261. The van der Waals surface area contributed by atoms with Crippen molar-refractivity contribution >= 4 is 29.9 Å². The summed E-state index contributed by atoms with van der Waals surface area (Å²) in [4.78, 5) is 9.98. The zero-order valence-electron chi connectivity index (χ0n) is 16.8. The van der Waals surface area contributed by atoms with Crippen molar-refractivity contribution in [2.45, 2.75) is 32.2 Å². The smallest absolute Gasteiger partial charge is 0.191 e. The average Bonchev–Trinajstić information content (AvgIpc) is 2.70. The van der Waals surface area contributed by atoms with Crippen LogP contribution in [-0.2, 0) is 9.47 Å². The predicted octanol–water partition coefficient (Wildman–Crippen LogP) is 0.993. The number of nitrogens with zero attached hydrogens (tertiary/aromatic N) is 3. The number of fused-ring (bicyclic) bond motifs is 3. The van der Waals surface area contributed by atoms with Crippen LogP contribution in [0, 0.1) is 5.92 Å². The first-order valence-corrected chi connectivity index (χ1v) is 10.5. The predicted molar refractivity (Wildman–Crippen MR) is 120 cm³/mol. The van der Waals surface area contributed by atoms with Gasteiger partial charge in [-0.15, -0.1) is 24.0 Å². The molecule has 4 saturated heterocycles. The third-order valence-corrected chi connectivity index (χ3v) is 5.65. The van der Waals surface area contributed by atoms with E-state index in [9.17, 15) is 0 Å². The Bertz CT molecular complexity index is 426. The van der Waals surface area contributed by atoms with E-state index in [-0.39, 0.29) is 24.0 Å². The second kappa shape index (κ2) is 13.1. The van der Waals surface area contributed by atoms with Crippen molar-refractivity contribution in [1.29, 1.82) is 0 Å². The van der Waals surface area contributed by atoms with Gasteiger partial charge in [0, 0.05) is 78.3 Å². The molecule has 0 amide bonds. The molecule has 2 bridgehead atoms. The third-order valence-electron chi connectivity index (χ3n) is 5.65. The molecule has 0 aromatic heterocycles. The molecule has 4 aliphatic rings. The molecule has 158 valence electrons. The van der Waals surface area contributed by atoms with Crippen LogP contribution in [0.5, 0.6) is 0 Å². The second-order valence-corrected chi connectivity index (χ2v) is 7.62. The quantitative estimate of drug-likeness (QED) is 0.216. The van der Waals surface area contributed by atoms with Gasteiger partial charge in [0.2, 0.25) is 0 Å². The molecule has 4 rings (SSSR count). The van der Waals surface area contributed by atoms with Gasteiger partial charge in [-0.2, -0.15) is 0 Å². The maximum Gasteiger partial charge on any atom is 0.191 e. The van der Waals surface area contributed by atoms with Gasteiger partial charge in [-0.05, 0) is 32.1 Å². The van der Waals surface area contributed by atoms with Gasteiger partial charge in [-0.3, -0.25) is 14.8 Å². The molecule has 0 spiro atoms. The highest BCUT2D eigenvalue weighted by molar-refractivity contribution is 14.0. The monoisotopic (exact) mass is 495 g/mol. The van der Waals surface area contributed by atoms with Crippen LogP contribution in [0.25, 0.3) is 0 Å². The Hall–Kier alpha value is -0.160. The molecule has 1 atom stereocenters. The van der Waals surface area contributed by atoms with Crippen LogP contribution in [-0.4, -0.2) is 101 Å². The lowest BCUT2D eigenvalue weighted by molar-refractivity contribution is 0.0174. The molecule has 0 aromatic carbocycles. The maximum absolute atomic E-state index is 5.84. The summed E-state index contributed by atoms with van der Waals surface area (Å²) in [6, 6.07) is 0.579. The fourth-order valence-corrected chi connectivity index (χ4v) is 3.98. The van der Waals surface area contributed by atoms with Crippen LogP contribution < -0.4 is 10.6 Å². The normalized spacial score (nSPS) is 28.6. The largest absolute Gasteiger partial charge is 0.381 e. The number of piperazine rings is 3. The summed E-state index contributed by atoms with van der Waals surface area (Å²) in [6.45, 7) is 14.3. The topological polar surface area (TPSA) is 61.4 Å². The lowest BCUT2D eigenvalue weighted by Crippen LogP contribution is -2.62. The van der Waals surface area contributed by atoms with Crippen LogP contribution in [0.4, 0.5) is 0 Å². The van der Waals surface area contributed by atoms with Gasteiger partial charge in [0.1, 0.15) is 0 Å². The zero-order valence-corrected chi connectivity index (χ0v) is 19.2. The molecular weight excluding hydrogens is 457 g/mol. The Morgan fingerprint density at radius 3 is 2.59 bits per heavy atom. The SMILES string of the molecule is CCNC(=NCC1CN2CCN1CC2)NCCCOCC1CCOCC1.I. The number of aliphatic imine (C=N–C) groups is 1. The fourth-order valence-electron chi connectivity index (χ4n) is 3.98. The molecule has 4 aliphatic heterocycles. The van der Waals surface area contributed by atoms with E-state index in [1.54, 1.807) is 0 Å². The molecule has 2 N–H and O–H groups in total. The fraction of sp³-hybridized carbons (Fsp3) is 0.947. The van der Waals surface area contributed by atoms with E-state index >= 15 is 0 Å². The summed E-state index contributed by atoms with van der Waals surface area (Å²) in [5.41, 5.74) is 0. The highest BCUT2D eigenvalue weighted by Crippen LogP contribution is 2.16. The lowest BCUT2D eigenvalue weighted by atomic mass is 10.0. The first kappa shape index (κ1) is 23.1. The van der Waals surface area contributed by atoms with Crippen molar-refractivity contribution < 1.29 is 9.47 Å². The van der Waals surface area contributed by atoms with Gasteiger partial charge in [0.15, 0.2) is 5.96 Å². The Kier molecular flexibility index (Phi) is 11.2. The van der Waals surface area contributed by atoms with E-state index < -0.39 is 0 Å². The maximum atomic E-state index is 5.84. The molecule has 8 heteroatoms. The van der Waals surface area contributed by atoms with Crippen molar-refractivity contribution in [1.82, 2.24) is 20.4 Å². The highest BCUT2D eigenvalue weighted by Gasteiger charge is 2.31. The van der Waals surface area contributed by atoms with E-state index in [1.807, 2.05) is 0 Å². The van der Waals surface area contributed by atoms with E-state index in [0.29, 0.717) is 12.0 Å². The number of guanidine groups is 1. The van der Waals surface area contributed by atoms with Gasteiger partial charge in [0.05, 0.1) is 6.54 Å². The molecule has 27 heavy (non-hydrogen) atoms. The summed E-state index contributed by atoms with van der Waals surface area (Å²) in [5.74, 6) is 1.63. The van der Waals surface area contributed by atoms with Gasteiger partial charge in [-0.1, -0.05) is 0 Å². The number of hydrogen-bond donors (Lipinski definition) is 2. The number of halogens is 1. The molecular formula is C19H38IN5O2. The van der Waals surface area contributed by atoms with Gasteiger partial charge < -0.3 is 20.1 Å². The minimum atomic E-state index is 0. The van der Waals surface area contributed by atoms with E-state index in [0.717, 1.165) is 71.3 Å². The molecule has 1 unspecified atom stereocenters. The minimum Gasteiger partial charge on any atom is -0.381 e. The lowest BCUT2D eigenvalue weighted by Gasteiger charge is -2.47. The molecule has 0 aliphatic carbocycles. The van der Waals surface area contributed by atoms with Crippen molar-refractivity contribution in [3.63, 3.8) is 0 Å². The number of nitrogens with one attached hydrogen (secondary N) is 2. The molecule has 0 aromatic rings. The van der Waals surface area contributed by atoms with E-state index in [4.69, 9.17) is 14.5 Å². The van der Waals surface area contributed by atoms with Crippen LogP contribution in [0.1, 0.15) is 26.2 Å². The minimum absolute atomic E-state index is 0. The Morgan fingerprint density at radius 2 is 1.93 bits per heavy atom. The van der Waals surface area contributed by atoms with E-state index in [1.165, 1.54) is 32.7 Å². The number of hydrogen-bond acceptors (Lipinski definition) is 5. The van der Waals surface area contributed by atoms with Crippen LogP contribution in [0.3, 0.4) is 0 Å². The summed E-state index contributed by atoms with van der Waals surface area (Å²) in [7, 11) is 0. The first-order valence-electron chi connectivity index (χ1n) is 10.5. The Morgan fingerprint density at radius 1 is 1.15 bits per heavy atom. The molecule has 4 fully saturated rings. The van der Waals surface area contributed by atoms with Crippen LogP contribution in [0.15, 0.2) is 4.99 Å². The molecule has 4 heterocycles. The summed E-state index contributed by atoms with van der Waals surface area (Å²) in [5, 5.41) is 6.81. The van der Waals surface area contributed by atoms with Crippen LogP contribution in [0.2, 0.25) is 0 Å². The second-order valence-electron chi connectivity index (χ2n) is 7.62. The van der Waals surface area contributed by atoms with E-state index in [2.05, 4.69) is 27.4 Å². The zero-order chi connectivity index (χ0) is 18.0. The van der Waals surface area contributed by atoms with Crippen molar-refractivity contribution in [3.05, 3.63) is 0 Å². The van der Waals surface area contributed by atoms with Crippen molar-refractivity contribution in [3.8, 4) is 0 Å². The first-order chi connectivity index (χ1) is 12.8. The van der Waals surface area contributed by atoms with Gasteiger partial charge >= 0.3 is 0 Å². The van der Waals surface area contributed by atoms with Gasteiger partial charge in [0.25, 0.3) is 0 Å². The summed E-state index contributed by atoms with van der Waals surface area (Å²) >= 11 is 0. The molecule has 0 radical (unpaired) electrons. The number of ether oxygens (including phenoxy) is 2. The highest BCUT2D eigenvalue weighted by atomic mass is 127. The standard InChI is InChI=1S/C19H37N5O2.HI/c1-2-20-19(22-14-18-15-23-7-9-24(18)10-8-23)21-6-3-11-26-16-17-4-12-25-13-5-17;/h17-18H,2-16H2,1H3,(H2,20,21,22);1H.